The van der Waals surface area contributed by atoms with E-state index in [1.54, 1.807) is 11.3 Å². The second-order valence-electron chi connectivity index (χ2n) is 7.11. The van der Waals surface area contributed by atoms with E-state index in [1.807, 2.05) is 32.0 Å². The quantitative estimate of drug-likeness (QED) is 0.395. The van der Waals surface area contributed by atoms with Crippen molar-refractivity contribution < 1.29 is 4.74 Å². The van der Waals surface area contributed by atoms with Gasteiger partial charge >= 0.3 is 0 Å². The second kappa shape index (κ2) is 8.21. The fourth-order valence-electron chi connectivity index (χ4n) is 3.64. The molecule has 5 heteroatoms. The summed E-state index contributed by atoms with van der Waals surface area (Å²) in [6.45, 7) is 7.59. The molecule has 0 aliphatic heterocycles. The second-order valence-corrected chi connectivity index (χ2v) is 8.31. The van der Waals surface area contributed by atoms with Gasteiger partial charge in [0.15, 0.2) is 0 Å². The number of benzene rings is 2. The molecule has 4 aromatic rings. The van der Waals surface area contributed by atoms with Crippen LogP contribution < -0.4 is 9.64 Å². The van der Waals surface area contributed by atoms with Crippen LogP contribution in [0, 0.1) is 13.8 Å². The van der Waals surface area contributed by atoms with Crippen molar-refractivity contribution in [3.8, 4) is 16.9 Å². The minimum Gasteiger partial charge on any atom is -0.494 e. The first-order valence-electron chi connectivity index (χ1n) is 9.83. The van der Waals surface area contributed by atoms with Crippen molar-refractivity contribution in [3.63, 3.8) is 0 Å². The average Bonchev–Trinajstić information content (AvgIpc) is 3.04. The maximum absolute atomic E-state index is 5.61. The largest absolute Gasteiger partial charge is 0.494 e. The first-order valence-corrected chi connectivity index (χ1v) is 10.6. The molecule has 0 spiro atoms. The summed E-state index contributed by atoms with van der Waals surface area (Å²) in [6, 6.07) is 18.8. The van der Waals surface area contributed by atoms with Crippen LogP contribution in [0.15, 0.2) is 54.6 Å². The van der Waals surface area contributed by atoms with Gasteiger partial charge in [-0.15, -0.1) is 11.3 Å². The topological polar surface area (TPSA) is 38.3 Å². The van der Waals surface area contributed by atoms with Crippen molar-refractivity contribution in [3.05, 3.63) is 70.9 Å². The number of thiophene rings is 1. The van der Waals surface area contributed by atoms with Crippen molar-refractivity contribution in [2.24, 2.45) is 0 Å². The van der Waals surface area contributed by atoms with E-state index in [1.165, 1.54) is 21.6 Å². The summed E-state index contributed by atoms with van der Waals surface area (Å²) in [5.41, 5.74) is 3.64. The molecule has 4 nitrogen and oxygen atoms in total. The van der Waals surface area contributed by atoms with Gasteiger partial charge in [0.2, 0.25) is 0 Å². The summed E-state index contributed by atoms with van der Waals surface area (Å²) in [6.07, 6.45) is 0. The third-order valence-electron chi connectivity index (χ3n) is 4.90. The molecule has 2 heterocycles. The van der Waals surface area contributed by atoms with Crippen LogP contribution in [-0.2, 0) is 6.54 Å². The molecule has 0 atom stereocenters. The van der Waals surface area contributed by atoms with Gasteiger partial charge in [-0.25, -0.2) is 9.97 Å². The molecule has 0 radical (unpaired) electrons. The van der Waals surface area contributed by atoms with Crippen molar-refractivity contribution >= 4 is 27.4 Å². The van der Waals surface area contributed by atoms with Crippen LogP contribution in [0.1, 0.15) is 23.2 Å². The minimum absolute atomic E-state index is 0.668. The minimum atomic E-state index is 0.668. The molecule has 29 heavy (non-hydrogen) atoms. The van der Waals surface area contributed by atoms with Crippen LogP contribution >= 0.6 is 11.3 Å². The number of ether oxygens (including phenoxy) is 1. The maximum atomic E-state index is 5.61. The number of nitrogens with zero attached hydrogens (tertiary/aromatic N) is 3. The summed E-state index contributed by atoms with van der Waals surface area (Å²) >= 11 is 1.73. The Labute approximate surface area is 175 Å². The lowest BCUT2D eigenvalue weighted by molar-refractivity contribution is 0.340. The summed E-state index contributed by atoms with van der Waals surface area (Å²) < 4.78 is 5.61. The van der Waals surface area contributed by atoms with Crippen molar-refractivity contribution in [2.45, 2.75) is 27.3 Å². The van der Waals surface area contributed by atoms with E-state index in [-0.39, 0.29) is 0 Å². The Morgan fingerprint density at radius 1 is 0.966 bits per heavy atom. The van der Waals surface area contributed by atoms with E-state index in [9.17, 15) is 0 Å². The highest BCUT2D eigenvalue weighted by Crippen LogP contribution is 2.42. The molecule has 0 aliphatic carbocycles. The SMILES string of the molecule is CCOc1ccc(-c2c(C)sc3nc(C)nc(N(C)Cc4ccccc4)c23)cc1. The Morgan fingerprint density at radius 2 is 1.69 bits per heavy atom. The van der Waals surface area contributed by atoms with Crippen LogP contribution in [0.5, 0.6) is 5.75 Å². The first kappa shape index (κ1) is 19.4. The smallest absolute Gasteiger partial charge is 0.141 e. The molecule has 0 bridgehead atoms. The molecule has 0 unspecified atom stereocenters. The van der Waals surface area contributed by atoms with Crippen molar-refractivity contribution in [2.75, 3.05) is 18.6 Å². The summed E-state index contributed by atoms with van der Waals surface area (Å²) in [4.78, 5) is 14.1. The Balaban J connectivity index is 1.82. The van der Waals surface area contributed by atoms with Crippen LogP contribution in [0.4, 0.5) is 5.82 Å². The Hall–Kier alpha value is -2.92. The van der Waals surface area contributed by atoms with Crippen LogP contribution in [0.25, 0.3) is 21.3 Å². The maximum Gasteiger partial charge on any atom is 0.141 e. The Bertz CT molecular complexity index is 1120. The summed E-state index contributed by atoms with van der Waals surface area (Å²) in [7, 11) is 2.10. The van der Waals surface area contributed by atoms with Gasteiger partial charge < -0.3 is 9.64 Å². The number of rotatable bonds is 6. The average molecular weight is 404 g/mol. The van der Waals surface area contributed by atoms with Crippen LogP contribution in [0.2, 0.25) is 0 Å². The molecule has 4 rings (SSSR count). The standard InChI is InChI=1S/C24H25N3OS/c1-5-28-20-13-11-19(12-14-20)21-16(2)29-24-22(21)23(25-17(3)26-24)27(4)15-18-9-7-6-8-10-18/h6-14H,5,15H2,1-4H3. The first-order chi connectivity index (χ1) is 14.1. The fourth-order valence-corrected chi connectivity index (χ4v) is 4.72. The molecular weight excluding hydrogens is 378 g/mol. The molecule has 0 fully saturated rings. The zero-order valence-electron chi connectivity index (χ0n) is 17.3. The number of hydrogen-bond acceptors (Lipinski definition) is 5. The number of hydrogen-bond donors (Lipinski definition) is 0. The van der Waals surface area contributed by atoms with Crippen molar-refractivity contribution in [1.29, 1.82) is 0 Å². The number of aryl methyl sites for hydroxylation is 2. The molecule has 0 amide bonds. The molecule has 0 saturated heterocycles. The number of fused-ring (bicyclic) bond motifs is 1. The van der Waals surface area contributed by atoms with E-state index in [0.717, 1.165) is 34.2 Å². The fraction of sp³-hybridized carbons (Fsp3) is 0.250. The predicted molar refractivity (Wildman–Crippen MR) is 122 cm³/mol. The van der Waals surface area contributed by atoms with E-state index < -0.39 is 0 Å². The molecule has 2 aromatic carbocycles. The number of aromatic nitrogens is 2. The van der Waals surface area contributed by atoms with Gasteiger partial charge in [0, 0.05) is 24.0 Å². The lowest BCUT2D eigenvalue weighted by Crippen LogP contribution is -2.18. The van der Waals surface area contributed by atoms with Crippen LogP contribution in [0.3, 0.4) is 0 Å². The molecule has 0 saturated carbocycles. The summed E-state index contributed by atoms with van der Waals surface area (Å²) in [5.74, 6) is 2.67. The van der Waals surface area contributed by atoms with Crippen LogP contribution in [-0.4, -0.2) is 23.6 Å². The lowest BCUT2D eigenvalue weighted by Gasteiger charge is -2.20. The van der Waals surface area contributed by atoms with Gasteiger partial charge in [0.1, 0.15) is 22.2 Å². The third-order valence-corrected chi connectivity index (χ3v) is 5.90. The predicted octanol–water partition coefficient (Wildman–Crippen LogP) is 6.01. The zero-order valence-corrected chi connectivity index (χ0v) is 18.1. The monoisotopic (exact) mass is 403 g/mol. The highest BCUT2D eigenvalue weighted by atomic mass is 32.1. The van der Waals surface area contributed by atoms with Gasteiger partial charge in [-0.1, -0.05) is 42.5 Å². The Morgan fingerprint density at radius 3 is 2.38 bits per heavy atom. The molecular formula is C24H25N3OS. The van der Waals surface area contributed by atoms with E-state index in [2.05, 4.69) is 55.3 Å². The normalized spacial score (nSPS) is 11.0. The lowest BCUT2D eigenvalue weighted by atomic mass is 10.0. The summed E-state index contributed by atoms with van der Waals surface area (Å²) in [5, 5.41) is 1.13. The van der Waals surface area contributed by atoms with Gasteiger partial charge in [-0.05, 0) is 44.0 Å². The van der Waals surface area contributed by atoms with Crippen molar-refractivity contribution in [1.82, 2.24) is 9.97 Å². The van der Waals surface area contributed by atoms with E-state index >= 15 is 0 Å². The van der Waals surface area contributed by atoms with E-state index in [4.69, 9.17) is 14.7 Å². The van der Waals surface area contributed by atoms with Gasteiger partial charge in [-0.3, -0.25) is 0 Å². The number of anilines is 1. The molecule has 148 valence electrons. The zero-order chi connectivity index (χ0) is 20.4. The van der Waals surface area contributed by atoms with E-state index in [0.29, 0.717) is 6.61 Å². The highest BCUT2D eigenvalue weighted by Gasteiger charge is 2.20. The van der Waals surface area contributed by atoms with Gasteiger partial charge in [0.25, 0.3) is 0 Å². The highest BCUT2D eigenvalue weighted by molar-refractivity contribution is 7.19. The Kier molecular flexibility index (Phi) is 5.49. The molecule has 2 aromatic heterocycles. The molecule has 0 aliphatic rings. The molecule has 0 N–H and O–H groups in total. The third kappa shape index (κ3) is 3.96. The van der Waals surface area contributed by atoms with Gasteiger partial charge in [0.05, 0.1) is 12.0 Å². The van der Waals surface area contributed by atoms with Gasteiger partial charge in [-0.2, -0.15) is 0 Å².